The number of carbonyl (C=O) groups excluding carboxylic acids is 2. The highest BCUT2D eigenvalue weighted by molar-refractivity contribution is 5.92. The Balaban J connectivity index is 2.52. The molecule has 0 atom stereocenters. The Labute approximate surface area is 112 Å². The summed E-state index contributed by atoms with van der Waals surface area (Å²) in [5.74, 6) is -0.141. The van der Waals surface area contributed by atoms with Crippen LogP contribution in [0.4, 0.5) is 0 Å². The molecular formula is C15H18O4. The molecule has 0 saturated heterocycles. The van der Waals surface area contributed by atoms with Crippen molar-refractivity contribution in [2.24, 2.45) is 0 Å². The van der Waals surface area contributed by atoms with Crippen LogP contribution in [0.1, 0.15) is 36.5 Å². The summed E-state index contributed by atoms with van der Waals surface area (Å²) in [5.41, 5.74) is 1.98. The van der Waals surface area contributed by atoms with Gasteiger partial charge in [0.25, 0.3) is 0 Å². The molecule has 1 aliphatic rings. The van der Waals surface area contributed by atoms with Crippen LogP contribution in [0.3, 0.4) is 0 Å². The van der Waals surface area contributed by atoms with E-state index in [1.807, 2.05) is 6.92 Å². The SMILES string of the molecule is COC(=O)Cc1cc(O)cc(C)c1C1(C(C)=O)CC1. The van der Waals surface area contributed by atoms with Crippen LogP contribution in [0, 0.1) is 6.92 Å². The molecule has 2 rings (SSSR count). The van der Waals surface area contributed by atoms with E-state index in [4.69, 9.17) is 0 Å². The van der Waals surface area contributed by atoms with Crippen molar-refractivity contribution in [2.45, 2.75) is 38.5 Å². The van der Waals surface area contributed by atoms with Crippen LogP contribution in [-0.2, 0) is 26.2 Å². The lowest BCUT2D eigenvalue weighted by Crippen LogP contribution is -2.21. The highest BCUT2D eigenvalue weighted by Gasteiger charge is 2.50. The minimum atomic E-state index is -0.457. The number of ether oxygens (including phenoxy) is 1. The van der Waals surface area contributed by atoms with E-state index >= 15 is 0 Å². The van der Waals surface area contributed by atoms with Crippen molar-refractivity contribution >= 4 is 11.8 Å². The van der Waals surface area contributed by atoms with Crippen LogP contribution in [0.5, 0.6) is 5.75 Å². The van der Waals surface area contributed by atoms with E-state index in [1.165, 1.54) is 7.11 Å². The first-order chi connectivity index (χ1) is 8.90. The Hall–Kier alpha value is -1.84. The standard InChI is InChI=1S/C15H18O4/c1-9-6-12(17)7-11(8-13(18)19-3)14(9)15(4-5-15)10(2)16/h6-7,17H,4-5,8H2,1-3H3. The lowest BCUT2D eigenvalue weighted by molar-refractivity contribution is -0.139. The quantitative estimate of drug-likeness (QED) is 0.843. The fraction of sp³-hybridized carbons (Fsp3) is 0.467. The summed E-state index contributed by atoms with van der Waals surface area (Å²) in [7, 11) is 1.33. The van der Waals surface area contributed by atoms with E-state index in [0.29, 0.717) is 5.56 Å². The van der Waals surface area contributed by atoms with Crippen LogP contribution in [-0.4, -0.2) is 24.0 Å². The van der Waals surface area contributed by atoms with Gasteiger partial charge in [-0.2, -0.15) is 0 Å². The number of aryl methyl sites for hydroxylation is 1. The summed E-state index contributed by atoms with van der Waals surface area (Å²) in [6.45, 7) is 3.44. The van der Waals surface area contributed by atoms with Crippen molar-refractivity contribution in [3.63, 3.8) is 0 Å². The molecule has 102 valence electrons. The third-order valence-corrected chi connectivity index (χ3v) is 3.87. The van der Waals surface area contributed by atoms with Crippen molar-refractivity contribution in [2.75, 3.05) is 7.11 Å². The molecule has 0 aliphatic heterocycles. The van der Waals surface area contributed by atoms with E-state index in [9.17, 15) is 14.7 Å². The molecule has 1 saturated carbocycles. The molecule has 4 nitrogen and oxygen atoms in total. The predicted octanol–water partition coefficient (Wildman–Crippen LogP) is 2.04. The third kappa shape index (κ3) is 2.35. The van der Waals surface area contributed by atoms with Gasteiger partial charge in [0.1, 0.15) is 11.5 Å². The number of carbonyl (C=O) groups is 2. The molecule has 1 aliphatic carbocycles. The Kier molecular flexibility index (Phi) is 3.35. The number of phenolic OH excluding ortho intramolecular Hbond substituents is 1. The number of hydrogen-bond donors (Lipinski definition) is 1. The zero-order valence-corrected chi connectivity index (χ0v) is 11.4. The fourth-order valence-electron chi connectivity index (χ4n) is 2.79. The first kappa shape index (κ1) is 13.6. The van der Waals surface area contributed by atoms with Gasteiger partial charge in [0, 0.05) is 0 Å². The average molecular weight is 262 g/mol. The third-order valence-electron chi connectivity index (χ3n) is 3.87. The molecule has 0 amide bonds. The van der Waals surface area contributed by atoms with Crippen molar-refractivity contribution in [1.29, 1.82) is 0 Å². The molecule has 4 heteroatoms. The maximum absolute atomic E-state index is 11.9. The van der Waals surface area contributed by atoms with E-state index in [-0.39, 0.29) is 23.9 Å². The van der Waals surface area contributed by atoms with Gasteiger partial charge >= 0.3 is 5.97 Å². The summed E-state index contributed by atoms with van der Waals surface area (Å²) < 4.78 is 4.68. The van der Waals surface area contributed by atoms with Gasteiger partial charge in [0.15, 0.2) is 0 Å². The van der Waals surface area contributed by atoms with E-state index in [1.54, 1.807) is 19.1 Å². The van der Waals surface area contributed by atoms with Gasteiger partial charge in [-0.05, 0) is 55.5 Å². The number of aromatic hydroxyl groups is 1. The lowest BCUT2D eigenvalue weighted by atomic mass is 9.84. The number of phenols is 1. The number of methoxy groups -OCH3 is 1. The summed E-state index contributed by atoms with van der Waals surface area (Å²) in [6, 6.07) is 3.20. The predicted molar refractivity (Wildman–Crippen MR) is 70.2 cm³/mol. The Morgan fingerprint density at radius 3 is 2.47 bits per heavy atom. The van der Waals surface area contributed by atoms with E-state index in [0.717, 1.165) is 24.0 Å². The monoisotopic (exact) mass is 262 g/mol. The molecular weight excluding hydrogens is 244 g/mol. The van der Waals surface area contributed by atoms with Crippen LogP contribution in [0.25, 0.3) is 0 Å². The molecule has 1 fully saturated rings. The number of rotatable bonds is 4. The van der Waals surface area contributed by atoms with Crippen LogP contribution in [0.15, 0.2) is 12.1 Å². The van der Waals surface area contributed by atoms with Gasteiger partial charge in [-0.3, -0.25) is 9.59 Å². The lowest BCUT2D eigenvalue weighted by Gasteiger charge is -2.20. The molecule has 1 aromatic carbocycles. The van der Waals surface area contributed by atoms with Gasteiger partial charge in [0.2, 0.25) is 0 Å². The Morgan fingerprint density at radius 1 is 1.37 bits per heavy atom. The average Bonchev–Trinajstić information content (AvgIpc) is 3.09. The first-order valence-corrected chi connectivity index (χ1v) is 6.31. The van der Waals surface area contributed by atoms with Crippen molar-refractivity contribution < 1.29 is 19.4 Å². The minimum Gasteiger partial charge on any atom is -0.508 e. The molecule has 0 bridgehead atoms. The highest BCUT2D eigenvalue weighted by atomic mass is 16.5. The van der Waals surface area contributed by atoms with E-state index in [2.05, 4.69) is 4.74 Å². The van der Waals surface area contributed by atoms with Gasteiger partial charge in [-0.1, -0.05) is 0 Å². The summed E-state index contributed by atoms with van der Waals surface area (Å²) in [6.07, 6.45) is 1.69. The van der Waals surface area contributed by atoms with Crippen LogP contribution < -0.4 is 0 Å². The summed E-state index contributed by atoms with van der Waals surface area (Å²) in [5, 5.41) is 9.69. The second-order valence-corrected chi connectivity index (χ2v) is 5.19. The topological polar surface area (TPSA) is 63.6 Å². The van der Waals surface area contributed by atoms with Gasteiger partial charge in [-0.15, -0.1) is 0 Å². The zero-order valence-electron chi connectivity index (χ0n) is 11.4. The smallest absolute Gasteiger partial charge is 0.309 e. The van der Waals surface area contributed by atoms with E-state index < -0.39 is 5.41 Å². The second-order valence-electron chi connectivity index (χ2n) is 5.19. The number of ketones is 1. The van der Waals surface area contributed by atoms with Crippen molar-refractivity contribution in [1.82, 2.24) is 0 Å². The first-order valence-electron chi connectivity index (χ1n) is 6.31. The molecule has 0 heterocycles. The summed E-state index contributed by atoms with van der Waals surface area (Å²) in [4.78, 5) is 23.4. The van der Waals surface area contributed by atoms with Gasteiger partial charge in [-0.25, -0.2) is 0 Å². The minimum absolute atomic E-state index is 0.0795. The largest absolute Gasteiger partial charge is 0.508 e. The number of esters is 1. The summed E-state index contributed by atoms with van der Waals surface area (Å²) >= 11 is 0. The molecule has 0 aromatic heterocycles. The van der Waals surface area contributed by atoms with Gasteiger partial charge in [0.05, 0.1) is 18.9 Å². The normalized spacial score (nSPS) is 15.9. The number of benzene rings is 1. The highest BCUT2D eigenvalue weighted by Crippen LogP contribution is 2.51. The maximum Gasteiger partial charge on any atom is 0.309 e. The fourth-order valence-corrected chi connectivity index (χ4v) is 2.79. The Bertz CT molecular complexity index is 541. The Morgan fingerprint density at radius 2 is 2.00 bits per heavy atom. The molecule has 0 radical (unpaired) electrons. The maximum atomic E-state index is 11.9. The van der Waals surface area contributed by atoms with Crippen LogP contribution >= 0.6 is 0 Å². The molecule has 0 spiro atoms. The van der Waals surface area contributed by atoms with Crippen LogP contribution in [0.2, 0.25) is 0 Å². The number of hydrogen-bond acceptors (Lipinski definition) is 4. The van der Waals surface area contributed by atoms with Crippen molar-refractivity contribution in [3.05, 3.63) is 28.8 Å². The molecule has 19 heavy (non-hydrogen) atoms. The van der Waals surface area contributed by atoms with Gasteiger partial charge < -0.3 is 9.84 Å². The molecule has 1 aromatic rings. The second kappa shape index (κ2) is 4.68. The van der Waals surface area contributed by atoms with Crippen molar-refractivity contribution in [3.8, 4) is 5.75 Å². The molecule has 0 unspecified atom stereocenters. The molecule has 1 N–H and O–H groups in total. The zero-order chi connectivity index (χ0) is 14.2. The number of Topliss-reactive ketones (excluding diaryl/α,β-unsaturated/α-hetero) is 1.